The maximum absolute atomic E-state index is 11.9. The second-order valence-corrected chi connectivity index (χ2v) is 4.63. The predicted octanol–water partition coefficient (Wildman–Crippen LogP) is 3.52. The third kappa shape index (κ3) is 3.78. The number of benzene rings is 1. The largest absolute Gasteiger partial charge is 0.299 e. The summed E-state index contributed by atoms with van der Waals surface area (Å²) in [5.74, 6) is 0.00319. The number of hydrogen-bond donors (Lipinski definition) is 0. The van der Waals surface area contributed by atoms with Crippen molar-refractivity contribution >= 4 is 29.0 Å². The fraction of sp³-hybridized carbons (Fsp3) is 0.417. The molecule has 0 aromatic heterocycles. The zero-order valence-corrected chi connectivity index (χ0v) is 11.0. The van der Waals surface area contributed by atoms with Gasteiger partial charge in [0.25, 0.3) is 0 Å². The second-order valence-electron chi connectivity index (χ2n) is 3.79. The first-order valence-corrected chi connectivity index (χ1v) is 5.97. The minimum absolute atomic E-state index is 0.00319. The third-order valence-corrected chi connectivity index (χ3v) is 2.81. The van der Waals surface area contributed by atoms with Crippen molar-refractivity contribution in [2.45, 2.75) is 13.3 Å². The molecule has 1 rings (SSSR count). The number of likely N-dealkylation sites (N-methyl/N-ethyl adjacent to an activating group) is 1. The predicted molar refractivity (Wildman–Crippen MR) is 68.6 cm³/mol. The van der Waals surface area contributed by atoms with Crippen LogP contribution in [0.3, 0.4) is 0 Å². The molecule has 2 nitrogen and oxygen atoms in total. The molecule has 4 heteroatoms. The topological polar surface area (TPSA) is 20.3 Å². The quantitative estimate of drug-likeness (QED) is 0.755. The molecule has 0 radical (unpaired) electrons. The summed E-state index contributed by atoms with van der Waals surface area (Å²) >= 11 is 11.8. The van der Waals surface area contributed by atoms with E-state index in [2.05, 4.69) is 6.92 Å². The standard InChI is InChI=1S/C12H15Cl2NO/c1-3-6-15(2)8-12(16)10-7-9(13)4-5-11(10)14/h4-5,7H,3,6,8H2,1-2H3. The zero-order valence-electron chi connectivity index (χ0n) is 9.46. The van der Waals surface area contributed by atoms with Crippen molar-refractivity contribution in [3.8, 4) is 0 Å². The van der Waals surface area contributed by atoms with Crippen LogP contribution in [0.25, 0.3) is 0 Å². The van der Waals surface area contributed by atoms with Crippen LogP contribution in [0.1, 0.15) is 23.7 Å². The third-order valence-electron chi connectivity index (χ3n) is 2.25. The Morgan fingerprint density at radius 1 is 1.38 bits per heavy atom. The van der Waals surface area contributed by atoms with E-state index in [0.29, 0.717) is 22.2 Å². The Labute approximate surface area is 106 Å². The van der Waals surface area contributed by atoms with Gasteiger partial charge in [-0.2, -0.15) is 0 Å². The maximum Gasteiger partial charge on any atom is 0.178 e. The molecule has 0 fully saturated rings. The van der Waals surface area contributed by atoms with Gasteiger partial charge in [-0.05, 0) is 38.2 Å². The average Bonchev–Trinajstić information content (AvgIpc) is 2.21. The van der Waals surface area contributed by atoms with Crippen LogP contribution in [0.15, 0.2) is 18.2 Å². The summed E-state index contributed by atoms with van der Waals surface area (Å²) in [6.45, 7) is 3.34. The average molecular weight is 260 g/mol. The van der Waals surface area contributed by atoms with Gasteiger partial charge in [0.2, 0.25) is 0 Å². The molecule has 0 aliphatic rings. The highest BCUT2D eigenvalue weighted by molar-refractivity contribution is 6.36. The Balaban J connectivity index is 2.76. The molecule has 0 atom stereocenters. The Kier molecular flexibility index (Phi) is 5.26. The molecule has 0 bridgehead atoms. The highest BCUT2D eigenvalue weighted by Gasteiger charge is 2.12. The van der Waals surface area contributed by atoms with E-state index in [1.165, 1.54) is 0 Å². The Hall–Kier alpha value is -0.570. The summed E-state index contributed by atoms with van der Waals surface area (Å²) in [5, 5.41) is 0.991. The maximum atomic E-state index is 11.9. The number of hydrogen-bond acceptors (Lipinski definition) is 2. The lowest BCUT2D eigenvalue weighted by molar-refractivity contribution is 0.0946. The molecule has 0 amide bonds. The number of carbonyl (C=O) groups is 1. The monoisotopic (exact) mass is 259 g/mol. The van der Waals surface area contributed by atoms with Gasteiger partial charge >= 0.3 is 0 Å². The summed E-state index contributed by atoms with van der Waals surface area (Å²) in [6, 6.07) is 4.94. The van der Waals surface area contributed by atoms with Crippen molar-refractivity contribution in [3.63, 3.8) is 0 Å². The van der Waals surface area contributed by atoms with Crippen LogP contribution in [0.5, 0.6) is 0 Å². The Bertz CT molecular complexity index is 379. The normalized spacial score (nSPS) is 10.8. The van der Waals surface area contributed by atoms with Crippen molar-refractivity contribution in [2.24, 2.45) is 0 Å². The lowest BCUT2D eigenvalue weighted by Crippen LogP contribution is -2.26. The molecule has 0 heterocycles. The van der Waals surface area contributed by atoms with Crippen LogP contribution >= 0.6 is 23.2 Å². The van der Waals surface area contributed by atoms with Gasteiger partial charge in [0.1, 0.15) is 0 Å². The van der Waals surface area contributed by atoms with Crippen molar-refractivity contribution < 1.29 is 4.79 Å². The van der Waals surface area contributed by atoms with Crippen LogP contribution in [0.4, 0.5) is 0 Å². The summed E-state index contributed by atoms with van der Waals surface area (Å²) in [5.41, 5.74) is 0.497. The highest BCUT2D eigenvalue weighted by atomic mass is 35.5. The van der Waals surface area contributed by atoms with Crippen molar-refractivity contribution in [2.75, 3.05) is 20.1 Å². The van der Waals surface area contributed by atoms with E-state index >= 15 is 0 Å². The number of ketones is 1. The molecule has 1 aromatic carbocycles. The van der Waals surface area contributed by atoms with Crippen LogP contribution < -0.4 is 0 Å². The minimum Gasteiger partial charge on any atom is -0.299 e. The second kappa shape index (κ2) is 6.24. The first-order valence-electron chi connectivity index (χ1n) is 5.21. The molecular weight excluding hydrogens is 245 g/mol. The zero-order chi connectivity index (χ0) is 12.1. The van der Waals surface area contributed by atoms with Gasteiger partial charge in [0.15, 0.2) is 5.78 Å². The van der Waals surface area contributed by atoms with Gasteiger partial charge < -0.3 is 0 Å². The van der Waals surface area contributed by atoms with Crippen LogP contribution in [-0.2, 0) is 0 Å². The minimum atomic E-state index is 0.00319. The number of Topliss-reactive ketones (excluding diaryl/α,β-unsaturated/α-hetero) is 1. The molecular formula is C12H15Cl2NO. The van der Waals surface area contributed by atoms with E-state index < -0.39 is 0 Å². The molecule has 0 spiro atoms. The van der Waals surface area contributed by atoms with E-state index in [4.69, 9.17) is 23.2 Å². The Morgan fingerprint density at radius 2 is 2.06 bits per heavy atom. The fourth-order valence-electron chi connectivity index (χ4n) is 1.50. The van der Waals surface area contributed by atoms with E-state index in [-0.39, 0.29) is 5.78 Å². The van der Waals surface area contributed by atoms with Gasteiger partial charge in [-0.25, -0.2) is 0 Å². The smallest absolute Gasteiger partial charge is 0.178 e. The number of nitrogens with zero attached hydrogens (tertiary/aromatic N) is 1. The van der Waals surface area contributed by atoms with Crippen LogP contribution in [0, 0.1) is 0 Å². The molecule has 0 N–H and O–H groups in total. The number of halogens is 2. The van der Waals surface area contributed by atoms with Gasteiger partial charge in [-0.1, -0.05) is 30.1 Å². The number of rotatable bonds is 5. The van der Waals surface area contributed by atoms with Crippen molar-refractivity contribution in [1.82, 2.24) is 4.90 Å². The van der Waals surface area contributed by atoms with E-state index in [1.54, 1.807) is 18.2 Å². The highest BCUT2D eigenvalue weighted by Crippen LogP contribution is 2.21. The summed E-state index contributed by atoms with van der Waals surface area (Å²) in [6.07, 6.45) is 1.02. The van der Waals surface area contributed by atoms with Crippen LogP contribution in [-0.4, -0.2) is 30.8 Å². The molecule has 16 heavy (non-hydrogen) atoms. The summed E-state index contributed by atoms with van der Waals surface area (Å²) in [4.78, 5) is 13.9. The first-order chi connectivity index (χ1) is 7.54. The Morgan fingerprint density at radius 3 is 2.69 bits per heavy atom. The lowest BCUT2D eigenvalue weighted by Gasteiger charge is -2.14. The fourth-order valence-corrected chi connectivity index (χ4v) is 1.90. The van der Waals surface area contributed by atoms with Gasteiger partial charge in [-0.15, -0.1) is 0 Å². The summed E-state index contributed by atoms with van der Waals surface area (Å²) in [7, 11) is 1.92. The van der Waals surface area contributed by atoms with Gasteiger partial charge in [-0.3, -0.25) is 9.69 Å². The summed E-state index contributed by atoms with van der Waals surface area (Å²) < 4.78 is 0. The van der Waals surface area contributed by atoms with Gasteiger partial charge in [0.05, 0.1) is 11.6 Å². The van der Waals surface area contributed by atoms with E-state index in [1.807, 2.05) is 11.9 Å². The first kappa shape index (κ1) is 13.5. The SMILES string of the molecule is CCCN(C)CC(=O)c1cc(Cl)ccc1Cl. The molecule has 1 aromatic rings. The van der Waals surface area contributed by atoms with Crippen molar-refractivity contribution in [3.05, 3.63) is 33.8 Å². The van der Waals surface area contributed by atoms with E-state index in [9.17, 15) is 4.79 Å². The number of carbonyl (C=O) groups excluding carboxylic acids is 1. The molecule has 0 saturated heterocycles. The molecule has 0 aliphatic carbocycles. The molecule has 0 saturated carbocycles. The lowest BCUT2D eigenvalue weighted by atomic mass is 10.1. The molecule has 0 aliphatic heterocycles. The van der Waals surface area contributed by atoms with E-state index in [0.717, 1.165) is 13.0 Å². The van der Waals surface area contributed by atoms with Gasteiger partial charge in [0, 0.05) is 10.6 Å². The van der Waals surface area contributed by atoms with Crippen LogP contribution in [0.2, 0.25) is 10.0 Å². The molecule has 0 unspecified atom stereocenters. The molecule has 88 valence electrons. The van der Waals surface area contributed by atoms with Crippen molar-refractivity contribution in [1.29, 1.82) is 0 Å².